The molecule has 1 fully saturated rings. The van der Waals surface area contributed by atoms with Gasteiger partial charge in [-0.2, -0.15) is 0 Å². The van der Waals surface area contributed by atoms with Gasteiger partial charge < -0.3 is 15.5 Å². The van der Waals surface area contributed by atoms with Crippen molar-refractivity contribution in [3.8, 4) is 0 Å². The summed E-state index contributed by atoms with van der Waals surface area (Å²) in [6, 6.07) is 8.04. The lowest BCUT2D eigenvalue weighted by molar-refractivity contribution is 0.589. The molecule has 2 rings (SSSR count). The van der Waals surface area contributed by atoms with Crippen molar-refractivity contribution in [1.29, 1.82) is 0 Å². The van der Waals surface area contributed by atoms with E-state index in [1.807, 2.05) is 19.2 Å². The zero-order valence-corrected chi connectivity index (χ0v) is 11.4. The highest BCUT2D eigenvalue weighted by Crippen LogP contribution is 2.17. The Bertz CT molecular complexity index is 292. The van der Waals surface area contributed by atoms with Crippen LogP contribution in [0.15, 0.2) is 24.3 Å². The SMILES string of the molecule is CCNC.Clc1ccc(N2CCNCC2)cc1. The first-order valence-electron chi connectivity index (χ1n) is 6.13. The van der Waals surface area contributed by atoms with E-state index in [2.05, 4.69) is 34.6 Å². The number of hydrogen-bond donors (Lipinski definition) is 2. The molecule has 0 aliphatic carbocycles. The van der Waals surface area contributed by atoms with E-state index >= 15 is 0 Å². The molecule has 0 aromatic heterocycles. The zero-order valence-electron chi connectivity index (χ0n) is 10.7. The molecule has 4 heteroatoms. The van der Waals surface area contributed by atoms with E-state index in [0.29, 0.717) is 0 Å². The summed E-state index contributed by atoms with van der Waals surface area (Å²) in [5.74, 6) is 0. The van der Waals surface area contributed by atoms with Crippen molar-refractivity contribution in [2.75, 3.05) is 44.7 Å². The molecule has 3 nitrogen and oxygen atoms in total. The molecule has 2 N–H and O–H groups in total. The van der Waals surface area contributed by atoms with Crippen molar-refractivity contribution in [3.05, 3.63) is 29.3 Å². The summed E-state index contributed by atoms with van der Waals surface area (Å²) in [5.41, 5.74) is 1.27. The second kappa shape index (κ2) is 8.34. The van der Waals surface area contributed by atoms with E-state index in [-0.39, 0.29) is 0 Å². The molecule has 1 aliphatic heterocycles. The van der Waals surface area contributed by atoms with Gasteiger partial charge in [-0.15, -0.1) is 0 Å². The van der Waals surface area contributed by atoms with Crippen LogP contribution in [-0.4, -0.2) is 39.8 Å². The van der Waals surface area contributed by atoms with E-state index < -0.39 is 0 Å². The molecule has 0 amide bonds. The van der Waals surface area contributed by atoms with Gasteiger partial charge in [0.15, 0.2) is 0 Å². The fourth-order valence-electron chi connectivity index (χ4n) is 1.57. The molecule has 0 spiro atoms. The quantitative estimate of drug-likeness (QED) is 0.846. The van der Waals surface area contributed by atoms with Crippen LogP contribution < -0.4 is 15.5 Å². The number of rotatable bonds is 2. The van der Waals surface area contributed by atoms with Crippen molar-refractivity contribution in [2.24, 2.45) is 0 Å². The Labute approximate surface area is 109 Å². The van der Waals surface area contributed by atoms with Crippen molar-refractivity contribution >= 4 is 17.3 Å². The first-order valence-corrected chi connectivity index (χ1v) is 6.51. The van der Waals surface area contributed by atoms with Crippen LogP contribution >= 0.6 is 11.6 Å². The summed E-state index contributed by atoms with van der Waals surface area (Å²) in [6.07, 6.45) is 0. The van der Waals surface area contributed by atoms with Crippen LogP contribution in [-0.2, 0) is 0 Å². The van der Waals surface area contributed by atoms with Crippen LogP contribution in [0.2, 0.25) is 5.02 Å². The Morgan fingerprint density at radius 3 is 2.24 bits per heavy atom. The highest BCUT2D eigenvalue weighted by molar-refractivity contribution is 6.30. The highest BCUT2D eigenvalue weighted by Gasteiger charge is 2.09. The molecule has 96 valence electrons. The predicted molar refractivity (Wildman–Crippen MR) is 76.1 cm³/mol. The molecule has 1 aliphatic rings. The second-order valence-electron chi connectivity index (χ2n) is 3.92. The third kappa shape index (κ3) is 5.39. The molecule has 0 atom stereocenters. The lowest BCUT2D eigenvalue weighted by Gasteiger charge is -2.29. The number of anilines is 1. The molecule has 1 heterocycles. The Morgan fingerprint density at radius 2 is 1.76 bits per heavy atom. The molecule has 17 heavy (non-hydrogen) atoms. The minimum Gasteiger partial charge on any atom is -0.369 e. The lowest BCUT2D eigenvalue weighted by Crippen LogP contribution is -2.43. The van der Waals surface area contributed by atoms with Gasteiger partial charge in [-0.05, 0) is 37.9 Å². The van der Waals surface area contributed by atoms with Crippen LogP contribution in [0.3, 0.4) is 0 Å². The topological polar surface area (TPSA) is 27.3 Å². The van der Waals surface area contributed by atoms with E-state index in [4.69, 9.17) is 11.6 Å². The molecule has 0 radical (unpaired) electrons. The van der Waals surface area contributed by atoms with Crippen molar-refractivity contribution in [3.63, 3.8) is 0 Å². The Morgan fingerprint density at radius 1 is 1.24 bits per heavy atom. The Balaban J connectivity index is 0.000000317. The summed E-state index contributed by atoms with van der Waals surface area (Å²) in [7, 11) is 1.93. The molecule has 0 saturated carbocycles. The van der Waals surface area contributed by atoms with E-state index in [9.17, 15) is 0 Å². The zero-order chi connectivity index (χ0) is 12.5. The fraction of sp³-hybridized carbons (Fsp3) is 0.538. The standard InChI is InChI=1S/C10H13ClN2.C3H9N/c11-9-1-3-10(4-2-9)13-7-5-12-6-8-13;1-3-4-2/h1-4,12H,5-8H2;4H,3H2,1-2H3. The molecule has 0 bridgehead atoms. The molecular formula is C13H22ClN3. The maximum absolute atomic E-state index is 5.82. The average molecular weight is 256 g/mol. The lowest BCUT2D eigenvalue weighted by atomic mass is 10.2. The Kier molecular flexibility index (Phi) is 7.01. The summed E-state index contributed by atoms with van der Waals surface area (Å²) in [6.45, 7) is 7.45. The first kappa shape index (κ1) is 14.3. The molecule has 0 unspecified atom stereocenters. The number of piperazine rings is 1. The second-order valence-corrected chi connectivity index (χ2v) is 4.36. The van der Waals surface area contributed by atoms with Gasteiger partial charge in [0, 0.05) is 36.9 Å². The van der Waals surface area contributed by atoms with Crippen molar-refractivity contribution in [2.45, 2.75) is 6.92 Å². The van der Waals surface area contributed by atoms with Crippen LogP contribution in [0, 0.1) is 0 Å². The summed E-state index contributed by atoms with van der Waals surface area (Å²) < 4.78 is 0. The maximum atomic E-state index is 5.82. The number of nitrogens with zero attached hydrogens (tertiary/aromatic N) is 1. The minimum atomic E-state index is 0.805. The third-order valence-corrected chi connectivity index (χ3v) is 2.91. The van der Waals surface area contributed by atoms with Crippen LogP contribution in [0.5, 0.6) is 0 Å². The average Bonchev–Trinajstić information content (AvgIpc) is 2.41. The fourth-order valence-corrected chi connectivity index (χ4v) is 1.70. The molecule has 1 aromatic rings. The molecule has 1 aromatic carbocycles. The smallest absolute Gasteiger partial charge is 0.0407 e. The van der Waals surface area contributed by atoms with Gasteiger partial charge in [-0.25, -0.2) is 0 Å². The van der Waals surface area contributed by atoms with Gasteiger partial charge in [0.05, 0.1) is 0 Å². The van der Waals surface area contributed by atoms with Crippen molar-refractivity contribution < 1.29 is 0 Å². The molecule has 1 saturated heterocycles. The van der Waals surface area contributed by atoms with Gasteiger partial charge >= 0.3 is 0 Å². The third-order valence-electron chi connectivity index (χ3n) is 2.66. The highest BCUT2D eigenvalue weighted by atomic mass is 35.5. The van der Waals surface area contributed by atoms with E-state index in [0.717, 1.165) is 37.7 Å². The number of halogens is 1. The van der Waals surface area contributed by atoms with Gasteiger partial charge in [0.25, 0.3) is 0 Å². The largest absolute Gasteiger partial charge is 0.369 e. The maximum Gasteiger partial charge on any atom is 0.0407 e. The van der Waals surface area contributed by atoms with Crippen molar-refractivity contribution in [1.82, 2.24) is 10.6 Å². The molecular weight excluding hydrogens is 234 g/mol. The number of nitrogens with one attached hydrogen (secondary N) is 2. The normalized spacial score (nSPS) is 15.1. The minimum absolute atomic E-state index is 0.805. The summed E-state index contributed by atoms with van der Waals surface area (Å²) in [4.78, 5) is 2.37. The van der Waals surface area contributed by atoms with Crippen LogP contribution in [0.4, 0.5) is 5.69 Å². The number of hydrogen-bond acceptors (Lipinski definition) is 3. The van der Waals surface area contributed by atoms with Gasteiger partial charge in [-0.3, -0.25) is 0 Å². The number of benzene rings is 1. The Hall–Kier alpha value is -0.770. The summed E-state index contributed by atoms with van der Waals surface area (Å²) in [5, 5.41) is 7.06. The van der Waals surface area contributed by atoms with Gasteiger partial charge in [0.2, 0.25) is 0 Å². The predicted octanol–water partition coefficient (Wildman–Crippen LogP) is 1.98. The van der Waals surface area contributed by atoms with Gasteiger partial charge in [-0.1, -0.05) is 18.5 Å². The van der Waals surface area contributed by atoms with E-state index in [1.54, 1.807) is 0 Å². The van der Waals surface area contributed by atoms with Gasteiger partial charge in [0.1, 0.15) is 0 Å². The van der Waals surface area contributed by atoms with E-state index in [1.165, 1.54) is 5.69 Å². The summed E-state index contributed by atoms with van der Waals surface area (Å²) >= 11 is 5.82. The van der Waals surface area contributed by atoms with Crippen LogP contribution in [0.25, 0.3) is 0 Å². The first-order chi connectivity index (χ1) is 8.27. The monoisotopic (exact) mass is 255 g/mol. The van der Waals surface area contributed by atoms with Crippen LogP contribution in [0.1, 0.15) is 6.92 Å².